The van der Waals surface area contributed by atoms with E-state index in [1.54, 1.807) is 32.9 Å². The number of rotatable bonds is 6. The van der Waals surface area contributed by atoms with E-state index in [1.807, 2.05) is 0 Å². The Hall–Kier alpha value is -2.28. The Balaban J connectivity index is 3.29. The first kappa shape index (κ1) is 18.8. The van der Waals surface area contributed by atoms with E-state index in [-0.39, 0.29) is 0 Å². The molecule has 7 nitrogen and oxygen atoms in total. The summed E-state index contributed by atoms with van der Waals surface area (Å²) in [6.45, 7) is 5.09. The van der Waals surface area contributed by atoms with Crippen LogP contribution in [0.4, 0.5) is 0 Å². The molecule has 0 amide bonds. The van der Waals surface area contributed by atoms with Gasteiger partial charge < -0.3 is 25.1 Å². The van der Waals surface area contributed by atoms with Crippen LogP contribution >= 0.6 is 0 Å². The molecule has 0 saturated carbocycles. The Morgan fingerprint density at radius 3 is 2.13 bits per heavy atom. The number of aliphatic carboxylic acids is 1. The summed E-state index contributed by atoms with van der Waals surface area (Å²) in [7, 11) is 2.92. The van der Waals surface area contributed by atoms with Crippen LogP contribution in [0.15, 0.2) is 18.2 Å². The summed E-state index contributed by atoms with van der Waals surface area (Å²) < 4.78 is 15.6. The molecule has 7 heteroatoms. The van der Waals surface area contributed by atoms with Gasteiger partial charge in [-0.05, 0) is 38.5 Å². The van der Waals surface area contributed by atoms with Gasteiger partial charge in [0.25, 0.3) is 0 Å². The molecule has 2 unspecified atom stereocenters. The number of nitrogens with two attached hydrogens (primary N) is 1. The van der Waals surface area contributed by atoms with Crippen molar-refractivity contribution in [3.05, 3.63) is 23.8 Å². The van der Waals surface area contributed by atoms with Crippen LogP contribution in [0.3, 0.4) is 0 Å². The quantitative estimate of drug-likeness (QED) is 0.764. The average molecular weight is 325 g/mol. The van der Waals surface area contributed by atoms with Gasteiger partial charge in [0.15, 0.2) is 11.5 Å². The molecule has 1 aromatic carbocycles. The third-order valence-electron chi connectivity index (χ3n) is 3.07. The van der Waals surface area contributed by atoms with Crippen molar-refractivity contribution in [3.8, 4) is 11.5 Å². The van der Waals surface area contributed by atoms with Gasteiger partial charge in [0.2, 0.25) is 0 Å². The fourth-order valence-corrected chi connectivity index (χ4v) is 2.04. The van der Waals surface area contributed by atoms with E-state index < -0.39 is 29.5 Å². The zero-order chi connectivity index (χ0) is 17.8. The predicted octanol–water partition coefficient (Wildman–Crippen LogP) is 1.54. The lowest BCUT2D eigenvalue weighted by atomic mass is 9.91. The number of carbonyl (C=O) groups excluding carboxylic acids is 1. The van der Waals surface area contributed by atoms with Crippen molar-refractivity contribution in [1.82, 2.24) is 0 Å². The normalized spacial score (nSPS) is 13.8. The van der Waals surface area contributed by atoms with Gasteiger partial charge in [-0.3, -0.25) is 9.59 Å². The maximum atomic E-state index is 12.4. The van der Waals surface area contributed by atoms with E-state index in [1.165, 1.54) is 20.3 Å². The van der Waals surface area contributed by atoms with Crippen molar-refractivity contribution in [3.63, 3.8) is 0 Å². The lowest BCUT2D eigenvalue weighted by molar-refractivity contribution is -0.160. The predicted molar refractivity (Wildman–Crippen MR) is 83.7 cm³/mol. The van der Waals surface area contributed by atoms with Crippen LogP contribution in [0.1, 0.15) is 32.3 Å². The highest BCUT2D eigenvalue weighted by atomic mass is 16.6. The van der Waals surface area contributed by atoms with E-state index in [0.29, 0.717) is 17.1 Å². The largest absolute Gasteiger partial charge is 0.493 e. The molecule has 0 aliphatic heterocycles. The second-order valence-corrected chi connectivity index (χ2v) is 5.99. The molecule has 0 aliphatic rings. The molecule has 0 bridgehead atoms. The Labute approximate surface area is 135 Å². The van der Waals surface area contributed by atoms with E-state index in [4.69, 9.17) is 19.9 Å². The molecular formula is C16H23NO6. The molecule has 0 heterocycles. The third-order valence-corrected chi connectivity index (χ3v) is 3.07. The molecule has 0 aliphatic carbocycles. The first-order valence-corrected chi connectivity index (χ1v) is 7.04. The summed E-state index contributed by atoms with van der Waals surface area (Å²) >= 11 is 0. The first-order chi connectivity index (χ1) is 10.6. The highest BCUT2D eigenvalue weighted by molar-refractivity contribution is 5.88. The molecule has 0 spiro atoms. The van der Waals surface area contributed by atoms with Crippen LogP contribution < -0.4 is 15.2 Å². The minimum absolute atomic E-state index is 0.371. The summed E-state index contributed by atoms with van der Waals surface area (Å²) in [5.74, 6) is -2.33. The van der Waals surface area contributed by atoms with Crippen molar-refractivity contribution in [2.45, 2.75) is 38.3 Å². The fourth-order valence-electron chi connectivity index (χ4n) is 2.04. The van der Waals surface area contributed by atoms with Crippen molar-refractivity contribution in [2.24, 2.45) is 5.73 Å². The maximum absolute atomic E-state index is 12.4. The van der Waals surface area contributed by atoms with Gasteiger partial charge in [-0.2, -0.15) is 0 Å². The minimum atomic E-state index is -1.44. The first-order valence-electron chi connectivity index (χ1n) is 7.04. The lowest BCUT2D eigenvalue weighted by Gasteiger charge is -2.26. The molecule has 0 radical (unpaired) electrons. The van der Waals surface area contributed by atoms with Crippen molar-refractivity contribution in [2.75, 3.05) is 14.2 Å². The molecule has 0 aromatic heterocycles. The topological polar surface area (TPSA) is 108 Å². The summed E-state index contributed by atoms with van der Waals surface area (Å²) in [6, 6.07) is 3.23. The van der Waals surface area contributed by atoms with Gasteiger partial charge in [-0.15, -0.1) is 0 Å². The molecule has 3 N–H and O–H groups in total. The van der Waals surface area contributed by atoms with Gasteiger partial charge in [0, 0.05) is 0 Å². The number of benzene rings is 1. The molecule has 1 aromatic rings. The van der Waals surface area contributed by atoms with Crippen LogP contribution in [0.2, 0.25) is 0 Å². The van der Waals surface area contributed by atoms with Crippen molar-refractivity contribution in [1.29, 1.82) is 0 Å². The number of esters is 1. The highest BCUT2D eigenvalue weighted by Crippen LogP contribution is 2.32. The number of hydrogen-bond donors (Lipinski definition) is 2. The number of carbonyl (C=O) groups is 2. The lowest BCUT2D eigenvalue weighted by Crippen LogP contribution is -2.42. The van der Waals surface area contributed by atoms with Crippen LogP contribution in [0, 0.1) is 0 Å². The summed E-state index contributed by atoms with van der Waals surface area (Å²) in [5.41, 5.74) is 5.32. The average Bonchev–Trinajstić information content (AvgIpc) is 2.45. The third kappa shape index (κ3) is 4.85. The molecule has 0 fully saturated rings. The highest BCUT2D eigenvalue weighted by Gasteiger charge is 2.36. The molecule has 2 atom stereocenters. The number of ether oxygens (including phenoxy) is 3. The van der Waals surface area contributed by atoms with Gasteiger partial charge in [0.1, 0.15) is 17.6 Å². The Morgan fingerprint density at radius 1 is 1.13 bits per heavy atom. The molecule has 23 heavy (non-hydrogen) atoms. The summed E-state index contributed by atoms with van der Waals surface area (Å²) in [5, 5.41) is 9.20. The fraction of sp³-hybridized carbons (Fsp3) is 0.500. The van der Waals surface area contributed by atoms with Gasteiger partial charge in [-0.1, -0.05) is 6.07 Å². The second-order valence-electron chi connectivity index (χ2n) is 5.99. The van der Waals surface area contributed by atoms with Crippen LogP contribution in [-0.4, -0.2) is 42.9 Å². The van der Waals surface area contributed by atoms with E-state index >= 15 is 0 Å². The van der Waals surface area contributed by atoms with Crippen LogP contribution in [0.25, 0.3) is 0 Å². The summed E-state index contributed by atoms with van der Waals surface area (Å²) in [6.07, 6.45) is 0. The number of methoxy groups -OCH3 is 2. The minimum Gasteiger partial charge on any atom is -0.493 e. The Bertz CT molecular complexity index is 578. The van der Waals surface area contributed by atoms with E-state index in [0.717, 1.165) is 0 Å². The summed E-state index contributed by atoms with van der Waals surface area (Å²) in [4.78, 5) is 23.7. The smallest absolute Gasteiger partial charge is 0.321 e. The Morgan fingerprint density at radius 2 is 1.70 bits per heavy atom. The maximum Gasteiger partial charge on any atom is 0.321 e. The zero-order valence-electron chi connectivity index (χ0n) is 14.0. The van der Waals surface area contributed by atoms with E-state index in [9.17, 15) is 14.7 Å². The Kier molecular flexibility index (Phi) is 5.98. The van der Waals surface area contributed by atoms with Gasteiger partial charge in [-0.25, -0.2) is 0 Å². The van der Waals surface area contributed by atoms with E-state index in [2.05, 4.69) is 0 Å². The van der Waals surface area contributed by atoms with Gasteiger partial charge in [0.05, 0.1) is 14.2 Å². The number of carboxylic acid groups (broad SMARTS) is 1. The zero-order valence-corrected chi connectivity index (χ0v) is 14.0. The molecular weight excluding hydrogens is 302 g/mol. The molecule has 128 valence electrons. The van der Waals surface area contributed by atoms with Crippen LogP contribution in [-0.2, 0) is 14.3 Å². The van der Waals surface area contributed by atoms with Gasteiger partial charge >= 0.3 is 11.9 Å². The van der Waals surface area contributed by atoms with Crippen molar-refractivity contribution >= 4 is 11.9 Å². The van der Waals surface area contributed by atoms with Crippen molar-refractivity contribution < 1.29 is 28.9 Å². The standard InChI is InChI=1S/C16H23NO6/c1-16(2,3)23-15(20)12(13(17)14(18)19)9-6-7-10(21-4)11(8-9)22-5/h6-8,12-13H,17H2,1-5H3,(H,18,19). The SMILES string of the molecule is COc1ccc(C(C(=O)OC(C)(C)C)C(N)C(=O)O)cc1OC. The number of hydrogen-bond acceptors (Lipinski definition) is 6. The molecule has 0 saturated heterocycles. The number of carboxylic acids is 1. The second kappa shape index (κ2) is 7.32. The monoisotopic (exact) mass is 325 g/mol. The van der Waals surface area contributed by atoms with Crippen LogP contribution in [0.5, 0.6) is 11.5 Å². The molecule has 1 rings (SSSR count).